The van der Waals surface area contributed by atoms with Crippen molar-refractivity contribution in [2.24, 2.45) is 0 Å². The lowest BCUT2D eigenvalue weighted by Gasteiger charge is -2.07. The summed E-state index contributed by atoms with van der Waals surface area (Å²) in [6.07, 6.45) is 0. The Kier molecular flexibility index (Phi) is 5.52. The lowest BCUT2D eigenvalue weighted by molar-refractivity contribution is 0.471. The van der Waals surface area contributed by atoms with Crippen molar-refractivity contribution < 1.29 is 5.11 Å². The first-order chi connectivity index (χ1) is 8.95. The number of aryl methyl sites for hydroxylation is 2. The van der Waals surface area contributed by atoms with Crippen molar-refractivity contribution in [1.29, 1.82) is 0 Å². The molecule has 0 unspecified atom stereocenters. The van der Waals surface area contributed by atoms with Crippen molar-refractivity contribution in [1.82, 2.24) is 0 Å². The van der Waals surface area contributed by atoms with E-state index in [1.165, 1.54) is 0 Å². The van der Waals surface area contributed by atoms with E-state index in [0.717, 1.165) is 16.8 Å². The van der Waals surface area contributed by atoms with Gasteiger partial charge >= 0.3 is 0 Å². The van der Waals surface area contributed by atoms with Gasteiger partial charge in [0.05, 0.1) is 10.7 Å². The van der Waals surface area contributed by atoms with Gasteiger partial charge in [0, 0.05) is 12.7 Å². The summed E-state index contributed by atoms with van der Waals surface area (Å²) in [4.78, 5) is 0. The molecule has 0 bridgehead atoms. The number of benzene rings is 2. The molecule has 0 aliphatic heterocycles. The average molecular weight is 279 g/mol. The van der Waals surface area contributed by atoms with Crippen LogP contribution in [0, 0.1) is 13.8 Å². The Labute approximate surface area is 119 Å². The van der Waals surface area contributed by atoms with E-state index < -0.39 is 0 Å². The average Bonchev–Trinajstić information content (AvgIpc) is 2.33. The molecule has 4 heteroatoms. The Balaban J connectivity index is 0.000000200. The molecule has 19 heavy (non-hydrogen) atoms. The first kappa shape index (κ1) is 15.2. The number of nitrogens with one attached hydrogen (secondary N) is 1. The maximum atomic E-state index is 8.92. The van der Waals surface area contributed by atoms with Crippen LogP contribution in [0.4, 0.5) is 11.4 Å². The molecule has 0 aliphatic carbocycles. The third kappa shape index (κ3) is 4.38. The Bertz CT molecular complexity index is 512. The highest BCUT2D eigenvalue weighted by Gasteiger charge is 2.01. The van der Waals surface area contributed by atoms with Gasteiger partial charge in [0.25, 0.3) is 0 Å². The van der Waals surface area contributed by atoms with Crippen LogP contribution < -0.4 is 11.1 Å². The number of phenols is 1. The summed E-state index contributed by atoms with van der Waals surface area (Å²) >= 11 is 5.89. The normalized spacial score (nSPS) is 9.47. The number of phenolic OH excluding ortho intramolecular Hbond substituents is 1. The van der Waals surface area contributed by atoms with Gasteiger partial charge in [0.1, 0.15) is 5.75 Å². The molecule has 2 aromatic rings. The lowest BCUT2D eigenvalue weighted by Crippen LogP contribution is -1.94. The third-order valence-electron chi connectivity index (χ3n) is 2.68. The summed E-state index contributed by atoms with van der Waals surface area (Å²) in [7, 11) is 1.84. The summed E-state index contributed by atoms with van der Waals surface area (Å²) in [5.74, 6) is 0.368. The molecule has 0 saturated heterocycles. The Morgan fingerprint density at radius 1 is 1.11 bits per heavy atom. The molecule has 0 saturated carbocycles. The number of nitrogens with two attached hydrogens (primary N) is 1. The van der Waals surface area contributed by atoms with Crippen molar-refractivity contribution in [2.75, 3.05) is 18.1 Å². The topological polar surface area (TPSA) is 58.3 Å². The van der Waals surface area contributed by atoms with Crippen molar-refractivity contribution in [3.8, 4) is 5.75 Å². The molecular formula is C15H19ClN2O. The molecule has 0 amide bonds. The molecule has 0 aromatic heterocycles. The van der Waals surface area contributed by atoms with Gasteiger partial charge in [-0.15, -0.1) is 0 Å². The third-order valence-corrected chi connectivity index (χ3v) is 2.97. The van der Waals surface area contributed by atoms with E-state index in [1.54, 1.807) is 12.1 Å². The fourth-order valence-corrected chi connectivity index (χ4v) is 2.02. The van der Waals surface area contributed by atoms with Gasteiger partial charge in [-0.05, 0) is 43.2 Å². The van der Waals surface area contributed by atoms with Gasteiger partial charge in [-0.25, -0.2) is 0 Å². The number of rotatable bonds is 1. The van der Waals surface area contributed by atoms with Gasteiger partial charge in [-0.1, -0.05) is 29.8 Å². The number of hydrogen-bond acceptors (Lipinski definition) is 3. The molecule has 3 nitrogen and oxygen atoms in total. The van der Waals surface area contributed by atoms with Crippen LogP contribution in [0.2, 0.25) is 5.02 Å². The van der Waals surface area contributed by atoms with Crippen LogP contribution in [0.5, 0.6) is 5.75 Å². The molecule has 0 radical (unpaired) electrons. The van der Waals surface area contributed by atoms with E-state index in [9.17, 15) is 0 Å². The Morgan fingerprint density at radius 2 is 1.74 bits per heavy atom. The van der Waals surface area contributed by atoms with Gasteiger partial charge < -0.3 is 16.2 Å². The number of anilines is 2. The largest absolute Gasteiger partial charge is 0.508 e. The summed E-state index contributed by atoms with van der Waals surface area (Å²) < 4.78 is 0. The molecule has 0 atom stereocenters. The van der Waals surface area contributed by atoms with E-state index in [-0.39, 0.29) is 0 Å². The minimum absolute atomic E-state index is 0.368. The number of halogens is 1. The van der Waals surface area contributed by atoms with Gasteiger partial charge in [0.2, 0.25) is 0 Å². The second-order valence-corrected chi connectivity index (χ2v) is 4.64. The van der Waals surface area contributed by atoms with Crippen LogP contribution in [-0.4, -0.2) is 12.2 Å². The quantitative estimate of drug-likeness (QED) is 0.692. The van der Waals surface area contributed by atoms with Crippen LogP contribution in [0.3, 0.4) is 0 Å². The minimum Gasteiger partial charge on any atom is -0.508 e. The molecule has 4 N–H and O–H groups in total. The van der Waals surface area contributed by atoms with Crippen LogP contribution in [0.15, 0.2) is 36.4 Å². The highest BCUT2D eigenvalue weighted by atomic mass is 35.5. The van der Waals surface area contributed by atoms with Crippen molar-refractivity contribution in [2.45, 2.75) is 13.8 Å². The number of hydrogen-bond donors (Lipinski definition) is 3. The van der Waals surface area contributed by atoms with E-state index in [2.05, 4.69) is 5.32 Å². The predicted molar refractivity (Wildman–Crippen MR) is 83.0 cm³/mol. The second kappa shape index (κ2) is 6.90. The summed E-state index contributed by atoms with van der Waals surface area (Å²) in [6.45, 7) is 3.84. The van der Waals surface area contributed by atoms with Crippen LogP contribution in [-0.2, 0) is 0 Å². The highest BCUT2D eigenvalue weighted by molar-refractivity contribution is 6.33. The SMILES string of the molecule is CNc1c(C)cc(N)cc1Cl.Cc1ccccc1O. The molecule has 102 valence electrons. The van der Waals surface area contributed by atoms with Crippen LogP contribution in [0.25, 0.3) is 0 Å². The van der Waals surface area contributed by atoms with Crippen molar-refractivity contribution >= 4 is 23.0 Å². The minimum atomic E-state index is 0.368. The molecular weight excluding hydrogens is 260 g/mol. The zero-order valence-corrected chi connectivity index (χ0v) is 12.1. The zero-order chi connectivity index (χ0) is 14.4. The smallest absolute Gasteiger partial charge is 0.118 e. The van der Waals surface area contributed by atoms with Gasteiger partial charge in [0.15, 0.2) is 0 Å². The molecule has 0 fully saturated rings. The molecule has 0 heterocycles. The predicted octanol–water partition coefficient (Wildman–Crippen LogP) is 3.97. The number of nitrogen functional groups attached to an aromatic ring is 1. The molecule has 2 aromatic carbocycles. The van der Waals surface area contributed by atoms with Crippen LogP contribution >= 0.6 is 11.6 Å². The van der Waals surface area contributed by atoms with Crippen LogP contribution in [0.1, 0.15) is 11.1 Å². The molecule has 0 spiro atoms. The standard InChI is InChI=1S/C8H11ClN2.C7H8O/c1-5-3-6(10)4-7(9)8(5)11-2;1-6-4-2-3-5-7(6)8/h3-4,11H,10H2,1-2H3;2-5,8H,1H3. The van der Waals surface area contributed by atoms with Gasteiger partial charge in [-0.2, -0.15) is 0 Å². The highest BCUT2D eigenvalue weighted by Crippen LogP contribution is 2.27. The fraction of sp³-hybridized carbons (Fsp3) is 0.200. The fourth-order valence-electron chi connectivity index (χ4n) is 1.65. The molecule has 2 rings (SSSR count). The first-order valence-corrected chi connectivity index (χ1v) is 6.31. The maximum absolute atomic E-state index is 8.92. The molecule has 0 aliphatic rings. The van der Waals surface area contributed by atoms with Gasteiger partial charge in [-0.3, -0.25) is 0 Å². The number of para-hydroxylation sites is 1. The van der Waals surface area contributed by atoms with E-state index in [4.69, 9.17) is 22.4 Å². The first-order valence-electron chi connectivity index (χ1n) is 5.93. The summed E-state index contributed by atoms with van der Waals surface area (Å²) in [5.41, 5.74) is 9.21. The van der Waals surface area contributed by atoms with Crippen molar-refractivity contribution in [3.05, 3.63) is 52.5 Å². The van der Waals surface area contributed by atoms with E-state index in [0.29, 0.717) is 16.5 Å². The lowest BCUT2D eigenvalue weighted by atomic mass is 10.2. The monoisotopic (exact) mass is 278 g/mol. The van der Waals surface area contributed by atoms with E-state index in [1.807, 2.05) is 45.2 Å². The van der Waals surface area contributed by atoms with Crippen molar-refractivity contribution in [3.63, 3.8) is 0 Å². The zero-order valence-electron chi connectivity index (χ0n) is 11.4. The summed E-state index contributed by atoms with van der Waals surface area (Å²) in [5, 5.41) is 12.6. The summed E-state index contributed by atoms with van der Waals surface area (Å²) in [6, 6.07) is 10.9. The Hall–Kier alpha value is -1.87. The second-order valence-electron chi connectivity index (χ2n) is 4.23. The maximum Gasteiger partial charge on any atom is 0.118 e. The van der Waals surface area contributed by atoms with E-state index >= 15 is 0 Å². The number of aromatic hydroxyl groups is 1. The Morgan fingerprint density at radius 3 is 2.16 bits per heavy atom.